The summed E-state index contributed by atoms with van der Waals surface area (Å²) in [5.74, 6) is 0.104. The Morgan fingerprint density at radius 1 is 1.23 bits per heavy atom. The van der Waals surface area contributed by atoms with E-state index < -0.39 is 15.3 Å². The van der Waals surface area contributed by atoms with Crippen LogP contribution in [0.2, 0.25) is 0 Å². The predicted octanol–water partition coefficient (Wildman–Crippen LogP) is 2.01. The molecule has 1 amide bonds. The van der Waals surface area contributed by atoms with Crippen molar-refractivity contribution in [3.05, 3.63) is 17.5 Å². The van der Waals surface area contributed by atoms with Crippen LogP contribution in [0.1, 0.15) is 74.5 Å². The van der Waals surface area contributed by atoms with Crippen molar-refractivity contribution in [3.63, 3.8) is 0 Å². The highest BCUT2D eigenvalue weighted by atomic mass is 32.2. The lowest BCUT2D eigenvalue weighted by Gasteiger charge is -2.32. The molecule has 0 aromatic carbocycles. The van der Waals surface area contributed by atoms with Gasteiger partial charge in [-0.25, -0.2) is 13.1 Å². The lowest BCUT2D eigenvalue weighted by atomic mass is 10.1. The zero-order chi connectivity index (χ0) is 18.9. The number of likely N-dealkylation sites (tertiary alicyclic amines) is 1. The average Bonchev–Trinajstić information content (AvgIpc) is 3.23. The number of carbonyl (C=O) groups is 1. The van der Waals surface area contributed by atoms with Crippen LogP contribution in [-0.2, 0) is 17.1 Å². The van der Waals surface area contributed by atoms with E-state index in [2.05, 4.69) is 23.7 Å². The summed E-state index contributed by atoms with van der Waals surface area (Å²) in [5.41, 5.74) is 1.40. The molecule has 1 aromatic heterocycles. The fourth-order valence-corrected chi connectivity index (χ4v) is 5.78. The van der Waals surface area contributed by atoms with Gasteiger partial charge in [-0.05, 0) is 37.7 Å². The Kier molecular flexibility index (Phi) is 5.72. The topological polar surface area (TPSA) is 84.3 Å². The highest BCUT2D eigenvalue weighted by Crippen LogP contribution is 2.23. The molecule has 1 saturated heterocycles. The largest absolute Gasteiger partial charge is 0.336 e. The van der Waals surface area contributed by atoms with E-state index in [9.17, 15) is 13.2 Å². The van der Waals surface area contributed by atoms with Gasteiger partial charge >= 0.3 is 0 Å². The summed E-state index contributed by atoms with van der Waals surface area (Å²) in [4.78, 5) is 14.5. The molecule has 2 aliphatic rings. The second kappa shape index (κ2) is 7.68. The molecular weight excluding hydrogens is 352 g/mol. The highest BCUT2D eigenvalue weighted by Gasteiger charge is 2.35. The molecule has 0 bridgehead atoms. The maximum absolute atomic E-state index is 12.8. The summed E-state index contributed by atoms with van der Waals surface area (Å²) in [7, 11) is -1.57. The molecular formula is C18H30N4O3S. The Hall–Kier alpha value is -1.41. The number of sulfonamides is 1. The van der Waals surface area contributed by atoms with Crippen molar-refractivity contribution in [2.75, 3.05) is 13.1 Å². The van der Waals surface area contributed by atoms with Gasteiger partial charge in [0.15, 0.2) is 5.69 Å². The molecule has 1 saturated carbocycles. The van der Waals surface area contributed by atoms with Crippen LogP contribution in [0.5, 0.6) is 0 Å². The maximum Gasteiger partial charge on any atom is 0.274 e. The molecule has 1 atom stereocenters. The first kappa shape index (κ1) is 19.4. The van der Waals surface area contributed by atoms with E-state index in [0.717, 1.165) is 31.4 Å². The Morgan fingerprint density at radius 3 is 2.54 bits per heavy atom. The SMILES string of the molecule is CC(C)c1cc(C(=O)N2CCCC(S(=O)(=O)NC3CCCC3)C2)nn1C. The van der Waals surface area contributed by atoms with Gasteiger partial charge in [0.25, 0.3) is 5.91 Å². The van der Waals surface area contributed by atoms with Gasteiger partial charge in [-0.1, -0.05) is 26.7 Å². The third kappa shape index (κ3) is 4.11. The van der Waals surface area contributed by atoms with Crippen LogP contribution in [-0.4, -0.2) is 53.4 Å². The molecule has 1 N–H and O–H groups in total. The van der Waals surface area contributed by atoms with Crippen LogP contribution >= 0.6 is 0 Å². The zero-order valence-corrected chi connectivity index (χ0v) is 16.8. The molecule has 2 fully saturated rings. The fourth-order valence-electron chi connectivity index (χ4n) is 4.04. The molecule has 0 radical (unpaired) electrons. The fraction of sp³-hybridized carbons (Fsp3) is 0.778. The number of nitrogens with one attached hydrogen (secondary N) is 1. The molecule has 7 nitrogen and oxygen atoms in total. The molecule has 26 heavy (non-hydrogen) atoms. The van der Waals surface area contributed by atoms with Crippen LogP contribution in [0.15, 0.2) is 6.07 Å². The number of piperidine rings is 1. The van der Waals surface area contributed by atoms with Crippen LogP contribution in [0.25, 0.3) is 0 Å². The number of aromatic nitrogens is 2. The minimum Gasteiger partial charge on any atom is -0.336 e. The summed E-state index contributed by atoms with van der Waals surface area (Å²) in [6.45, 7) is 4.95. The molecule has 1 aliphatic heterocycles. The average molecular weight is 383 g/mol. The lowest BCUT2D eigenvalue weighted by molar-refractivity contribution is 0.0720. The molecule has 2 heterocycles. The van der Waals surface area contributed by atoms with Crippen LogP contribution in [0.4, 0.5) is 0 Å². The van der Waals surface area contributed by atoms with Crippen molar-refractivity contribution < 1.29 is 13.2 Å². The van der Waals surface area contributed by atoms with E-state index >= 15 is 0 Å². The number of hydrogen-bond donors (Lipinski definition) is 1. The number of hydrogen-bond acceptors (Lipinski definition) is 4. The van der Waals surface area contributed by atoms with E-state index in [4.69, 9.17) is 0 Å². The van der Waals surface area contributed by atoms with Crippen LogP contribution in [0.3, 0.4) is 0 Å². The number of carbonyl (C=O) groups excluding carboxylic acids is 1. The van der Waals surface area contributed by atoms with Gasteiger partial charge in [0.2, 0.25) is 10.0 Å². The second-order valence-corrected chi connectivity index (χ2v) is 9.88. The number of amides is 1. The summed E-state index contributed by atoms with van der Waals surface area (Å²) in [6, 6.07) is 1.89. The monoisotopic (exact) mass is 382 g/mol. The van der Waals surface area contributed by atoms with Crippen molar-refractivity contribution >= 4 is 15.9 Å². The van der Waals surface area contributed by atoms with Crippen molar-refractivity contribution in [3.8, 4) is 0 Å². The molecule has 8 heteroatoms. The summed E-state index contributed by atoms with van der Waals surface area (Å²) < 4.78 is 30.1. The van der Waals surface area contributed by atoms with E-state index in [1.807, 2.05) is 13.1 Å². The number of rotatable bonds is 5. The Balaban J connectivity index is 1.69. The molecule has 1 unspecified atom stereocenters. The third-order valence-corrected chi connectivity index (χ3v) is 7.44. The summed E-state index contributed by atoms with van der Waals surface area (Å²) in [5, 5.41) is 3.80. The first-order valence-corrected chi connectivity index (χ1v) is 11.2. The van der Waals surface area contributed by atoms with Crippen molar-refractivity contribution in [2.24, 2.45) is 7.05 Å². The smallest absolute Gasteiger partial charge is 0.274 e. The minimum atomic E-state index is -3.40. The van der Waals surface area contributed by atoms with E-state index in [0.29, 0.717) is 25.1 Å². The van der Waals surface area contributed by atoms with Gasteiger partial charge in [0.1, 0.15) is 0 Å². The molecule has 146 valence electrons. The van der Waals surface area contributed by atoms with Gasteiger partial charge in [0.05, 0.1) is 5.25 Å². The standard InChI is InChI=1S/C18H30N4O3S/c1-13(2)17-11-16(19-21(17)3)18(23)22-10-6-9-15(12-22)26(24,25)20-14-7-4-5-8-14/h11,13-15,20H,4-10,12H2,1-3H3. The molecule has 1 aromatic rings. The summed E-state index contributed by atoms with van der Waals surface area (Å²) >= 11 is 0. The number of nitrogens with zero attached hydrogens (tertiary/aromatic N) is 3. The third-order valence-electron chi connectivity index (χ3n) is 5.52. The van der Waals surface area contributed by atoms with Gasteiger partial charge in [-0.2, -0.15) is 5.10 Å². The van der Waals surface area contributed by atoms with Crippen molar-refractivity contribution in [1.29, 1.82) is 0 Å². The minimum absolute atomic E-state index is 0.0652. The molecule has 0 spiro atoms. The van der Waals surface area contributed by atoms with Crippen LogP contribution in [0, 0.1) is 0 Å². The lowest BCUT2D eigenvalue weighted by Crippen LogP contribution is -2.50. The van der Waals surface area contributed by atoms with Gasteiger partial charge in [-0.15, -0.1) is 0 Å². The van der Waals surface area contributed by atoms with E-state index in [1.54, 1.807) is 9.58 Å². The van der Waals surface area contributed by atoms with E-state index in [-0.39, 0.29) is 24.4 Å². The van der Waals surface area contributed by atoms with Crippen molar-refractivity contribution in [1.82, 2.24) is 19.4 Å². The van der Waals surface area contributed by atoms with Gasteiger partial charge < -0.3 is 4.90 Å². The van der Waals surface area contributed by atoms with Gasteiger partial charge in [-0.3, -0.25) is 9.48 Å². The molecule has 1 aliphatic carbocycles. The first-order chi connectivity index (χ1) is 12.3. The Bertz CT molecular complexity index is 750. The Labute approximate surface area is 156 Å². The van der Waals surface area contributed by atoms with Gasteiger partial charge in [0, 0.05) is 31.9 Å². The molecule has 3 rings (SSSR count). The predicted molar refractivity (Wildman–Crippen MR) is 101 cm³/mol. The van der Waals surface area contributed by atoms with E-state index in [1.165, 1.54) is 0 Å². The normalized spacial score (nSPS) is 22.3. The summed E-state index contributed by atoms with van der Waals surface area (Å²) in [6.07, 6.45) is 5.30. The first-order valence-electron chi connectivity index (χ1n) is 9.62. The van der Waals surface area contributed by atoms with Crippen LogP contribution < -0.4 is 4.72 Å². The maximum atomic E-state index is 12.8. The Morgan fingerprint density at radius 2 is 1.92 bits per heavy atom. The number of aryl methyl sites for hydroxylation is 1. The zero-order valence-electron chi connectivity index (χ0n) is 15.9. The quantitative estimate of drug-likeness (QED) is 0.844. The highest BCUT2D eigenvalue weighted by molar-refractivity contribution is 7.90. The second-order valence-electron chi connectivity index (χ2n) is 7.89. The van der Waals surface area contributed by atoms with Crippen molar-refractivity contribution in [2.45, 2.75) is 69.6 Å².